The molecule has 6 nitrogen and oxygen atoms in total. The summed E-state index contributed by atoms with van der Waals surface area (Å²) >= 11 is 0. The van der Waals surface area contributed by atoms with Crippen LogP contribution < -0.4 is 10.6 Å². The molecule has 0 bridgehead atoms. The zero-order chi connectivity index (χ0) is 15.9. The number of pyridine rings is 1. The highest BCUT2D eigenvalue weighted by Gasteiger charge is 2.10. The van der Waals surface area contributed by atoms with Gasteiger partial charge in [-0.3, -0.25) is 9.78 Å². The number of hydrogen-bond donors (Lipinski definition) is 2. The largest absolute Gasteiger partial charge is 0.370 e. The summed E-state index contributed by atoms with van der Waals surface area (Å²) in [4.78, 5) is 24.7. The van der Waals surface area contributed by atoms with Crippen molar-refractivity contribution in [3.05, 3.63) is 47.7 Å². The van der Waals surface area contributed by atoms with Crippen LogP contribution in [0.1, 0.15) is 35.7 Å². The van der Waals surface area contributed by atoms with Gasteiger partial charge in [0, 0.05) is 31.5 Å². The van der Waals surface area contributed by atoms with Crippen molar-refractivity contribution in [3.8, 4) is 0 Å². The molecular weight excluding hydrogens is 278 g/mol. The minimum Gasteiger partial charge on any atom is -0.370 e. The highest BCUT2D eigenvalue weighted by Crippen LogP contribution is 2.08. The fraction of sp³-hybridized carbons (Fsp3) is 0.375. The molecule has 0 spiro atoms. The molecule has 2 rings (SSSR count). The van der Waals surface area contributed by atoms with Crippen molar-refractivity contribution >= 4 is 11.7 Å². The molecule has 2 aromatic rings. The van der Waals surface area contributed by atoms with Gasteiger partial charge in [-0.2, -0.15) is 0 Å². The fourth-order valence-electron chi connectivity index (χ4n) is 1.86. The summed E-state index contributed by atoms with van der Waals surface area (Å²) in [5, 5.41) is 6.06. The minimum atomic E-state index is -0.213. The first-order valence-corrected chi connectivity index (χ1v) is 7.31. The zero-order valence-electron chi connectivity index (χ0n) is 13.1. The van der Waals surface area contributed by atoms with Gasteiger partial charge in [0.15, 0.2) is 0 Å². The van der Waals surface area contributed by atoms with Gasteiger partial charge in [0.1, 0.15) is 17.3 Å². The lowest BCUT2D eigenvalue weighted by molar-refractivity contribution is 0.0945. The normalized spacial score (nSPS) is 10.5. The molecule has 2 aromatic heterocycles. The van der Waals surface area contributed by atoms with Gasteiger partial charge < -0.3 is 10.6 Å². The van der Waals surface area contributed by atoms with E-state index in [1.165, 1.54) is 0 Å². The van der Waals surface area contributed by atoms with Crippen LogP contribution in [0.25, 0.3) is 0 Å². The van der Waals surface area contributed by atoms with Crippen molar-refractivity contribution in [3.63, 3.8) is 0 Å². The SMILES string of the molecule is Cc1nc(NCC(C)C)cc(C(=O)NCc2ccncc2)n1. The van der Waals surface area contributed by atoms with E-state index in [-0.39, 0.29) is 5.91 Å². The first-order chi connectivity index (χ1) is 10.5. The van der Waals surface area contributed by atoms with E-state index in [1.807, 2.05) is 12.1 Å². The lowest BCUT2D eigenvalue weighted by Gasteiger charge is -2.10. The van der Waals surface area contributed by atoms with Crippen molar-refractivity contribution in [2.24, 2.45) is 5.92 Å². The molecular formula is C16H21N5O. The molecule has 0 unspecified atom stereocenters. The van der Waals surface area contributed by atoms with Crippen LogP contribution in [0.15, 0.2) is 30.6 Å². The maximum absolute atomic E-state index is 12.2. The number of carbonyl (C=O) groups is 1. The molecule has 0 aliphatic rings. The number of nitrogens with zero attached hydrogens (tertiary/aromatic N) is 3. The van der Waals surface area contributed by atoms with Crippen LogP contribution in [0.2, 0.25) is 0 Å². The highest BCUT2D eigenvalue weighted by molar-refractivity contribution is 5.92. The minimum absolute atomic E-state index is 0.213. The van der Waals surface area contributed by atoms with Crippen molar-refractivity contribution < 1.29 is 4.79 Å². The Morgan fingerprint density at radius 1 is 1.23 bits per heavy atom. The molecule has 1 amide bonds. The van der Waals surface area contributed by atoms with Crippen molar-refractivity contribution in [2.75, 3.05) is 11.9 Å². The van der Waals surface area contributed by atoms with Crippen LogP contribution in [0.5, 0.6) is 0 Å². The van der Waals surface area contributed by atoms with E-state index < -0.39 is 0 Å². The predicted molar refractivity (Wildman–Crippen MR) is 85.5 cm³/mol. The van der Waals surface area contributed by atoms with Gasteiger partial charge in [-0.1, -0.05) is 13.8 Å². The van der Waals surface area contributed by atoms with E-state index in [1.54, 1.807) is 25.4 Å². The predicted octanol–water partition coefficient (Wildman–Crippen LogP) is 2.18. The van der Waals surface area contributed by atoms with Crippen LogP contribution in [-0.4, -0.2) is 27.4 Å². The molecule has 0 atom stereocenters. The van der Waals surface area contributed by atoms with Gasteiger partial charge in [0.05, 0.1) is 0 Å². The molecule has 22 heavy (non-hydrogen) atoms. The van der Waals surface area contributed by atoms with Crippen molar-refractivity contribution in [1.82, 2.24) is 20.3 Å². The van der Waals surface area contributed by atoms with Gasteiger partial charge in [0.25, 0.3) is 5.91 Å². The van der Waals surface area contributed by atoms with Gasteiger partial charge in [-0.15, -0.1) is 0 Å². The molecule has 6 heteroatoms. The summed E-state index contributed by atoms with van der Waals surface area (Å²) in [7, 11) is 0. The van der Waals surface area contributed by atoms with Crippen LogP contribution in [0, 0.1) is 12.8 Å². The third-order valence-electron chi connectivity index (χ3n) is 2.96. The second-order valence-corrected chi connectivity index (χ2v) is 5.50. The van der Waals surface area contributed by atoms with Crippen LogP contribution >= 0.6 is 0 Å². The molecule has 0 fully saturated rings. The van der Waals surface area contributed by atoms with E-state index >= 15 is 0 Å². The quantitative estimate of drug-likeness (QED) is 0.854. The molecule has 0 saturated heterocycles. The van der Waals surface area contributed by atoms with Gasteiger partial charge >= 0.3 is 0 Å². The van der Waals surface area contributed by atoms with E-state index in [9.17, 15) is 4.79 Å². The summed E-state index contributed by atoms with van der Waals surface area (Å²) < 4.78 is 0. The topological polar surface area (TPSA) is 79.8 Å². The number of carbonyl (C=O) groups excluding carboxylic acids is 1. The first-order valence-electron chi connectivity index (χ1n) is 7.31. The Balaban J connectivity index is 2.02. The second kappa shape index (κ2) is 7.49. The monoisotopic (exact) mass is 299 g/mol. The second-order valence-electron chi connectivity index (χ2n) is 5.50. The average molecular weight is 299 g/mol. The Hall–Kier alpha value is -2.50. The Kier molecular flexibility index (Phi) is 5.41. The number of rotatable bonds is 6. The zero-order valence-corrected chi connectivity index (χ0v) is 13.1. The van der Waals surface area contributed by atoms with Crippen molar-refractivity contribution in [2.45, 2.75) is 27.3 Å². The van der Waals surface area contributed by atoms with Crippen LogP contribution in [-0.2, 0) is 6.54 Å². The number of anilines is 1. The number of aromatic nitrogens is 3. The van der Waals surface area contributed by atoms with E-state index in [0.717, 1.165) is 12.1 Å². The maximum Gasteiger partial charge on any atom is 0.270 e. The Labute approximate surface area is 130 Å². The van der Waals surface area contributed by atoms with Gasteiger partial charge in [0.2, 0.25) is 0 Å². The first kappa shape index (κ1) is 15.9. The number of nitrogens with one attached hydrogen (secondary N) is 2. The lowest BCUT2D eigenvalue weighted by Crippen LogP contribution is -2.24. The molecule has 0 aromatic carbocycles. The third-order valence-corrected chi connectivity index (χ3v) is 2.96. The molecule has 2 N–H and O–H groups in total. The van der Waals surface area contributed by atoms with E-state index in [2.05, 4.69) is 39.4 Å². The summed E-state index contributed by atoms with van der Waals surface area (Å²) in [5.41, 5.74) is 1.36. The summed E-state index contributed by atoms with van der Waals surface area (Å²) in [5.74, 6) is 1.53. The molecule has 0 saturated carbocycles. The molecule has 116 valence electrons. The van der Waals surface area contributed by atoms with Crippen LogP contribution in [0.4, 0.5) is 5.82 Å². The fourth-order valence-corrected chi connectivity index (χ4v) is 1.86. The maximum atomic E-state index is 12.2. The molecule has 2 heterocycles. The standard InChI is InChI=1S/C16H21N5O/c1-11(2)9-18-15-8-14(20-12(3)21-15)16(22)19-10-13-4-6-17-7-5-13/h4-8,11H,9-10H2,1-3H3,(H,19,22)(H,18,20,21). The molecule has 0 aliphatic carbocycles. The Bertz CT molecular complexity index is 628. The van der Waals surface area contributed by atoms with Gasteiger partial charge in [-0.05, 0) is 30.5 Å². The number of hydrogen-bond acceptors (Lipinski definition) is 5. The summed E-state index contributed by atoms with van der Waals surface area (Å²) in [6.07, 6.45) is 3.40. The number of aryl methyl sites for hydroxylation is 1. The highest BCUT2D eigenvalue weighted by atomic mass is 16.1. The Morgan fingerprint density at radius 2 is 1.95 bits per heavy atom. The summed E-state index contributed by atoms with van der Waals surface area (Å²) in [6.45, 7) is 7.25. The van der Waals surface area contributed by atoms with E-state index in [0.29, 0.717) is 29.8 Å². The lowest BCUT2D eigenvalue weighted by atomic mass is 10.2. The van der Waals surface area contributed by atoms with E-state index in [4.69, 9.17) is 0 Å². The smallest absolute Gasteiger partial charge is 0.270 e. The average Bonchev–Trinajstić information content (AvgIpc) is 2.51. The summed E-state index contributed by atoms with van der Waals surface area (Å²) in [6, 6.07) is 5.40. The van der Waals surface area contributed by atoms with Crippen LogP contribution in [0.3, 0.4) is 0 Å². The Morgan fingerprint density at radius 3 is 2.64 bits per heavy atom. The van der Waals surface area contributed by atoms with Crippen molar-refractivity contribution in [1.29, 1.82) is 0 Å². The molecule has 0 radical (unpaired) electrons. The van der Waals surface area contributed by atoms with Gasteiger partial charge in [-0.25, -0.2) is 9.97 Å². The molecule has 0 aliphatic heterocycles. The number of amides is 1. The third kappa shape index (κ3) is 4.80.